The minimum absolute atomic E-state index is 0.293. The Hall–Kier alpha value is -3.21. The Balaban J connectivity index is 1.75. The molecule has 0 radical (unpaired) electrons. The second-order valence-corrected chi connectivity index (χ2v) is 5.58. The molecule has 0 spiro atoms. The maximum atomic E-state index is 11.7. The van der Waals surface area contributed by atoms with E-state index in [4.69, 9.17) is 20.9 Å². The van der Waals surface area contributed by atoms with Gasteiger partial charge in [-0.1, -0.05) is 6.08 Å². The standard InChI is InChI=1S/C19H18N2O3/c20-14-3-7-16(8-4-14)23-18-2-1-11-19(12-18,13-22)24-17-9-5-15(21)6-10-17/h1-11,13H,12,20-21H2. The minimum atomic E-state index is -1.10. The summed E-state index contributed by atoms with van der Waals surface area (Å²) in [6.45, 7) is 0. The molecule has 2 aromatic carbocycles. The first-order chi connectivity index (χ1) is 11.6. The van der Waals surface area contributed by atoms with Crippen molar-refractivity contribution in [2.24, 2.45) is 0 Å². The van der Waals surface area contributed by atoms with Crippen molar-refractivity contribution in [1.29, 1.82) is 0 Å². The lowest BCUT2D eigenvalue weighted by atomic mass is 9.95. The molecule has 0 fully saturated rings. The Morgan fingerprint density at radius 2 is 1.50 bits per heavy atom. The van der Waals surface area contributed by atoms with E-state index in [-0.39, 0.29) is 0 Å². The number of nitrogen functional groups attached to an aromatic ring is 2. The van der Waals surface area contributed by atoms with Crippen LogP contribution in [0.1, 0.15) is 6.42 Å². The van der Waals surface area contributed by atoms with E-state index < -0.39 is 5.60 Å². The molecule has 4 N–H and O–H groups in total. The van der Waals surface area contributed by atoms with Gasteiger partial charge >= 0.3 is 0 Å². The van der Waals surface area contributed by atoms with E-state index in [0.717, 1.165) is 6.29 Å². The number of carbonyl (C=O) groups is 1. The predicted molar refractivity (Wildman–Crippen MR) is 93.6 cm³/mol. The number of ether oxygens (including phenoxy) is 2. The van der Waals surface area contributed by atoms with Crippen molar-refractivity contribution in [1.82, 2.24) is 0 Å². The minimum Gasteiger partial charge on any atom is -0.475 e. The molecule has 0 bridgehead atoms. The number of allylic oxidation sites excluding steroid dienone is 2. The molecule has 24 heavy (non-hydrogen) atoms. The molecule has 0 aliphatic heterocycles. The summed E-state index contributed by atoms with van der Waals surface area (Å²) in [5, 5.41) is 0. The molecule has 1 atom stereocenters. The lowest BCUT2D eigenvalue weighted by molar-refractivity contribution is -0.118. The normalized spacial score (nSPS) is 19.4. The summed E-state index contributed by atoms with van der Waals surface area (Å²) < 4.78 is 11.7. The number of hydrogen-bond acceptors (Lipinski definition) is 5. The fourth-order valence-corrected chi connectivity index (χ4v) is 2.40. The van der Waals surface area contributed by atoms with Crippen molar-refractivity contribution < 1.29 is 14.3 Å². The Bertz CT molecular complexity index is 779. The van der Waals surface area contributed by atoms with Gasteiger partial charge in [0, 0.05) is 11.4 Å². The average Bonchev–Trinajstić information content (AvgIpc) is 2.59. The van der Waals surface area contributed by atoms with Crippen molar-refractivity contribution in [3.63, 3.8) is 0 Å². The summed E-state index contributed by atoms with van der Waals surface area (Å²) in [6.07, 6.45) is 6.35. The lowest BCUT2D eigenvalue weighted by Gasteiger charge is -2.29. The average molecular weight is 322 g/mol. The molecule has 2 aromatic rings. The Labute approximate surface area is 140 Å². The first-order valence-corrected chi connectivity index (χ1v) is 7.51. The van der Waals surface area contributed by atoms with Gasteiger partial charge in [-0.15, -0.1) is 0 Å². The van der Waals surface area contributed by atoms with E-state index >= 15 is 0 Å². The maximum absolute atomic E-state index is 11.7. The van der Waals surface area contributed by atoms with E-state index in [2.05, 4.69) is 0 Å². The summed E-state index contributed by atoms with van der Waals surface area (Å²) in [5.74, 6) is 1.84. The van der Waals surface area contributed by atoms with Crippen LogP contribution in [0.4, 0.5) is 11.4 Å². The Morgan fingerprint density at radius 1 is 0.917 bits per heavy atom. The fraction of sp³-hybridized carbons (Fsp3) is 0.105. The lowest BCUT2D eigenvalue weighted by Crippen LogP contribution is -2.38. The molecule has 5 heteroatoms. The molecule has 0 heterocycles. The third kappa shape index (κ3) is 3.57. The summed E-state index contributed by atoms with van der Waals surface area (Å²) >= 11 is 0. The van der Waals surface area contributed by atoms with Crippen LogP contribution in [-0.2, 0) is 4.79 Å². The van der Waals surface area contributed by atoms with Crippen LogP contribution in [0.5, 0.6) is 11.5 Å². The van der Waals surface area contributed by atoms with Gasteiger partial charge < -0.3 is 20.9 Å². The van der Waals surface area contributed by atoms with Gasteiger partial charge in [0.25, 0.3) is 0 Å². The zero-order chi connectivity index (χ0) is 17.0. The molecule has 5 nitrogen and oxygen atoms in total. The summed E-state index contributed by atoms with van der Waals surface area (Å²) in [5.41, 5.74) is 11.5. The van der Waals surface area contributed by atoms with Crippen molar-refractivity contribution in [2.45, 2.75) is 12.0 Å². The number of hydrogen-bond donors (Lipinski definition) is 2. The van der Waals surface area contributed by atoms with E-state index in [1.165, 1.54) is 0 Å². The van der Waals surface area contributed by atoms with Crippen molar-refractivity contribution >= 4 is 17.7 Å². The molecule has 1 aliphatic carbocycles. The Morgan fingerprint density at radius 3 is 2.08 bits per heavy atom. The third-order valence-electron chi connectivity index (χ3n) is 3.63. The molecule has 0 saturated heterocycles. The van der Waals surface area contributed by atoms with Crippen LogP contribution >= 0.6 is 0 Å². The highest BCUT2D eigenvalue weighted by Crippen LogP contribution is 2.30. The largest absolute Gasteiger partial charge is 0.475 e. The number of nitrogens with two attached hydrogens (primary N) is 2. The SMILES string of the molecule is Nc1ccc(OC2=CC=CC(C=O)(Oc3ccc(N)cc3)C2)cc1. The van der Waals surface area contributed by atoms with Crippen LogP contribution in [0.25, 0.3) is 0 Å². The highest BCUT2D eigenvalue weighted by atomic mass is 16.5. The van der Waals surface area contributed by atoms with E-state index in [0.29, 0.717) is 35.1 Å². The topological polar surface area (TPSA) is 87.6 Å². The monoisotopic (exact) mass is 322 g/mol. The summed E-state index contributed by atoms with van der Waals surface area (Å²) in [6, 6.07) is 14.0. The zero-order valence-electron chi connectivity index (χ0n) is 13.0. The molecular formula is C19H18N2O3. The molecule has 0 saturated carbocycles. The molecule has 3 rings (SSSR count). The Kier molecular flexibility index (Phi) is 4.24. The highest BCUT2D eigenvalue weighted by Gasteiger charge is 2.33. The maximum Gasteiger partial charge on any atom is 0.189 e. The van der Waals surface area contributed by atoms with Gasteiger partial charge in [-0.3, -0.25) is 4.79 Å². The second kappa shape index (κ2) is 6.50. The van der Waals surface area contributed by atoms with Gasteiger partial charge in [0.05, 0.1) is 6.42 Å². The van der Waals surface area contributed by atoms with Gasteiger partial charge in [-0.25, -0.2) is 0 Å². The van der Waals surface area contributed by atoms with E-state index in [9.17, 15) is 4.79 Å². The predicted octanol–water partition coefficient (Wildman–Crippen LogP) is 3.09. The summed E-state index contributed by atoms with van der Waals surface area (Å²) in [4.78, 5) is 11.7. The number of rotatable bonds is 5. The third-order valence-corrected chi connectivity index (χ3v) is 3.63. The zero-order valence-corrected chi connectivity index (χ0v) is 13.0. The molecule has 122 valence electrons. The quantitative estimate of drug-likeness (QED) is 0.652. The van der Waals surface area contributed by atoms with Crippen molar-refractivity contribution in [2.75, 3.05) is 11.5 Å². The fourth-order valence-electron chi connectivity index (χ4n) is 2.40. The van der Waals surface area contributed by atoms with Gasteiger partial charge in [-0.2, -0.15) is 0 Å². The first kappa shape index (κ1) is 15.7. The van der Waals surface area contributed by atoms with Crippen LogP contribution in [0, 0.1) is 0 Å². The molecular weight excluding hydrogens is 304 g/mol. The van der Waals surface area contributed by atoms with Gasteiger partial charge in [0.1, 0.15) is 17.3 Å². The van der Waals surface area contributed by atoms with Crippen LogP contribution in [-0.4, -0.2) is 11.9 Å². The van der Waals surface area contributed by atoms with Gasteiger partial charge in [0.15, 0.2) is 11.9 Å². The number of carbonyl (C=O) groups excluding carboxylic acids is 1. The van der Waals surface area contributed by atoms with Crippen molar-refractivity contribution in [3.8, 4) is 11.5 Å². The summed E-state index contributed by atoms with van der Waals surface area (Å²) in [7, 11) is 0. The van der Waals surface area contributed by atoms with Crippen molar-refractivity contribution in [3.05, 3.63) is 72.5 Å². The first-order valence-electron chi connectivity index (χ1n) is 7.51. The van der Waals surface area contributed by atoms with Gasteiger partial charge in [-0.05, 0) is 60.7 Å². The number of benzene rings is 2. The number of aldehydes is 1. The van der Waals surface area contributed by atoms with E-state index in [1.54, 1.807) is 60.7 Å². The second-order valence-electron chi connectivity index (χ2n) is 5.58. The van der Waals surface area contributed by atoms with Gasteiger partial charge in [0.2, 0.25) is 0 Å². The number of anilines is 2. The molecule has 1 aliphatic rings. The molecule has 1 unspecified atom stereocenters. The van der Waals surface area contributed by atoms with Crippen LogP contribution in [0.3, 0.4) is 0 Å². The van der Waals surface area contributed by atoms with E-state index in [1.807, 2.05) is 6.08 Å². The molecule has 0 aromatic heterocycles. The highest BCUT2D eigenvalue weighted by molar-refractivity contribution is 5.69. The van der Waals surface area contributed by atoms with Crippen LogP contribution in [0.15, 0.2) is 72.5 Å². The molecule has 0 amide bonds. The van der Waals surface area contributed by atoms with Crippen LogP contribution in [0.2, 0.25) is 0 Å². The van der Waals surface area contributed by atoms with Crippen LogP contribution < -0.4 is 20.9 Å². The smallest absolute Gasteiger partial charge is 0.189 e.